The van der Waals surface area contributed by atoms with E-state index in [9.17, 15) is 39.3 Å². The van der Waals surface area contributed by atoms with Gasteiger partial charge in [-0.25, -0.2) is 14.4 Å². The van der Waals surface area contributed by atoms with Crippen molar-refractivity contribution in [2.45, 2.75) is 128 Å². The van der Waals surface area contributed by atoms with E-state index in [0.29, 0.717) is 0 Å². The number of thioether (sulfide) groups is 1. The van der Waals surface area contributed by atoms with Gasteiger partial charge in [0.05, 0.1) is 35.5 Å². The van der Waals surface area contributed by atoms with Crippen LogP contribution in [0.1, 0.15) is 90.4 Å². The maximum absolute atomic E-state index is 15.4. The van der Waals surface area contributed by atoms with Crippen molar-refractivity contribution in [3.05, 3.63) is 71.2 Å². The van der Waals surface area contributed by atoms with Crippen LogP contribution in [0.25, 0.3) is 0 Å². The molecular formula is C44H55NO16S. The molecule has 11 atom stereocenters. The monoisotopic (exact) mass is 885 g/mol. The summed E-state index contributed by atoms with van der Waals surface area (Å²) in [4.78, 5) is 83.0. The van der Waals surface area contributed by atoms with Crippen molar-refractivity contribution in [1.29, 1.82) is 0 Å². The average molecular weight is 886 g/mol. The number of furan rings is 1. The van der Waals surface area contributed by atoms with E-state index >= 15 is 4.79 Å². The van der Waals surface area contributed by atoms with Gasteiger partial charge in [-0.05, 0) is 76.3 Å². The van der Waals surface area contributed by atoms with E-state index in [2.05, 4.69) is 5.32 Å². The summed E-state index contributed by atoms with van der Waals surface area (Å²) in [5, 5.41) is 40.1. The summed E-state index contributed by atoms with van der Waals surface area (Å²) < 4.78 is 41.3. The number of rotatable bonds is 11. The normalized spacial score (nSPS) is 32.2. The fourth-order valence-electron chi connectivity index (χ4n) is 9.79. The lowest BCUT2D eigenvalue weighted by molar-refractivity contribution is -0.346. The Bertz CT molecular complexity index is 2100. The zero-order valence-corrected chi connectivity index (χ0v) is 36.9. The summed E-state index contributed by atoms with van der Waals surface area (Å²) in [6, 6.07) is 9.16. The number of nitrogens with one attached hydrogen (secondary N) is 1. The highest BCUT2D eigenvalue weighted by Gasteiger charge is 2.78. The number of Topliss-reactive ketones (excluding diaryl/α,β-unsaturated/α-hetero) is 1. The smallest absolute Gasteiger partial charge is 0.408 e. The first-order valence-electron chi connectivity index (χ1n) is 20.3. The summed E-state index contributed by atoms with van der Waals surface area (Å²) in [6.07, 6.45) is -8.75. The minimum Gasteiger partial charge on any atom is -0.467 e. The Morgan fingerprint density at radius 2 is 1.69 bits per heavy atom. The number of aliphatic hydroxyl groups is 3. The predicted octanol–water partition coefficient (Wildman–Crippen LogP) is 3.77. The summed E-state index contributed by atoms with van der Waals surface area (Å²) >= 11 is 1.17. The van der Waals surface area contributed by atoms with Crippen LogP contribution in [-0.2, 0) is 47.6 Å². The second-order valence-corrected chi connectivity index (χ2v) is 18.9. The number of amides is 1. The third kappa shape index (κ3) is 8.15. The number of carbonyl (C=O) groups excluding carboxylic acids is 6. The standard InChI is InChI=1S/C44H55NO16S/c1-22-26(57-38(52)33(49)31(25-16-13-17-55-25)45-39(53)61-40(3,4)5)19-44(54)36(59-37(51)24-14-11-10-12-15-24)34-42(8,35(50)32(48)30(22)41(44,6)7)27(58-29(47)20-62-9)18-28-43(34,21-56-28)60-23(2)46/h10-17,26-28,31-34,36,48-49,54H,18-21H2,1-9H3,(H,45,53)/t26-,27-,28+,31-,32+,33+,34?,36?,42+,43-,44+/m0/s1. The van der Waals surface area contributed by atoms with Crippen LogP contribution in [0, 0.1) is 16.7 Å². The predicted molar refractivity (Wildman–Crippen MR) is 218 cm³/mol. The molecule has 2 bridgehead atoms. The molecule has 2 unspecified atom stereocenters. The van der Waals surface area contributed by atoms with E-state index in [1.807, 2.05) is 0 Å². The molecule has 338 valence electrons. The molecule has 4 N–H and O–H groups in total. The van der Waals surface area contributed by atoms with E-state index in [1.54, 1.807) is 45.2 Å². The molecule has 1 saturated heterocycles. The van der Waals surface area contributed by atoms with Gasteiger partial charge in [0.2, 0.25) is 0 Å². The minimum absolute atomic E-state index is 0.0322. The second kappa shape index (κ2) is 17.1. The van der Waals surface area contributed by atoms with Crippen LogP contribution in [0.2, 0.25) is 0 Å². The Labute approximate surface area is 363 Å². The fraction of sp³-hybridized carbons (Fsp3) is 0.591. The Morgan fingerprint density at radius 1 is 1.02 bits per heavy atom. The van der Waals surface area contributed by atoms with E-state index in [-0.39, 0.29) is 41.3 Å². The molecule has 0 spiro atoms. The first-order valence-corrected chi connectivity index (χ1v) is 21.6. The van der Waals surface area contributed by atoms with Gasteiger partial charge in [0.25, 0.3) is 0 Å². The Morgan fingerprint density at radius 3 is 2.26 bits per heavy atom. The van der Waals surface area contributed by atoms with Gasteiger partial charge in [0.1, 0.15) is 53.5 Å². The van der Waals surface area contributed by atoms with Crippen molar-refractivity contribution in [2.24, 2.45) is 16.7 Å². The minimum atomic E-state index is -2.41. The third-order valence-electron chi connectivity index (χ3n) is 12.8. The van der Waals surface area contributed by atoms with Gasteiger partial charge in [-0.2, -0.15) is 11.8 Å². The highest BCUT2D eigenvalue weighted by molar-refractivity contribution is 7.99. The zero-order valence-electron chi connectivity index (χ0n) is 36.1. The van der Waals surface area contributed by atoms with Gasteiger partial charge in [-0.1, -0.05) is 32.0 Å². The maximum atomic E-state index is 15.4. The highest BCUT2D eigenvalue weighted by Crippen LogP contribution is 2.64. The molecule has 2 heterocycles. The topological polar surface area (TPSA) is 244 Å². The SMILES string of the molecule is CSCC(=O)O[C@H]1C[C@H]2OC[C@@]2(OC(C)=O)C2C(OC(=O)c3ccccc3)[C@]3(O)C[C@H](OC(=O)[C@H](O)[C@@H](NC(=O)OC(C)(C)C)c4ccco4)C(C)=C([C@@H](O)C(=O)[C@@]21C)C3(C)C. The van der Waals surface area contributed by atoms with Crippen LogP contribution in [0.3, 0.4) is 0 Å². The lowest BCUT2D eigenvalue weighted by atomic mass is 9.44. The summed E-state index contributed by atoms with van der Waals surface area (Å²) in [5.41, 5.74) is -8.79. The molecule has 3 fully saturated rings. The van der Waals surface area contributed by atoms with Gasteiger partial charge in [0, 0.05) is 25.2 Å². The van der Waals surface area contributed by atoms with Crippen LogP contribution >= 0.6 is 11.8 Å². The van der Waals surface area contributed by atoms with Crippen molar-refractivity contribution in [3.8, 4) is 0 Å². The van der Waals surface area contributed by atoms with E-state index in [1.165, 1.54) is 70.0 Å². The molecule has 1 aromatic heterocycles. The molecule has 6 rings (SSSR count). The van der Waals surface area contributed by atoms with Crippen molar-refractivity contribution in [1.82, 2.24) is 5.32 Å². The molecule has 2 aromatic rings. The quantitative estimate of drug-likeness (QED) is 0.143. The van der Waals surface area contributed by atoms with Crippen molar-refractivity contribution >= 4 is 47.5 Å². The molecule has 3 aliphatic carbocycles. The molecule has 1 amide bonds. The van der Waals surface area contributed by atoms with E-state index in [0.717, 1.165) is 6.92 Å². The van der Waals surface area contributed by atoms with Gasteiger partial charge in [-0.3, -0.25) is 14.4 Å². The number of aliphatic hydroxyl groups excluding tert-OH is 2. The van der Waals surface area contributed by atoms with Gasteiger partial charge >= 0.3 is 30.0 Å². The Balaban J connectivity index is 1.52. The van der Waals surface area contributed by atoms with Crippen LogP contribution in [0.4, 0.5) is 4.79 Å². The number of hydrogen-bond acceptors (Lipinski definition) is 17. The zero-order chi connectivity index (χ0) is 45.7. The van der Waals surface area contributed by atoms with Gasteiger partial charge < -0.3 is 53.5 Å². The lowest BCUT2D eigenvalue weighted by Gasteiger charge is -2.67. The summed E-state index contributed by atoms with van der Waals surface area (Å²) in [6.45, 7) is 11.7. The first-order chi connectivity index (χ1) is 28.9. The van der Waals surface area contributed by atoms with Crippen molar-refractivity contribution in [3.63, 3.8) is 0 Å². The lowest BCUT2D eigenvalue weighted by Crippen LogP contribution is -2.82. The van der Waals surface area contributed by atoms with Crippen molar-refractivity contribution in [2.75, 3.05) is 18.6 Å². The molecule has 2 saturated carbocycles. The summed E-state index contributed by atoms with van der Waals surface area (Å²) in [7, 11) is 0. The van der Waals surface area contributed by atoms with E-state index < -0.39 is 118 Å². The van der Waals surface area contributed by atoms with Gasteiger partial charge in [-0.15, -0.1) is 0 Å². The number of esters is 4. The van der Waals surface area contributed by atoms with E-state index in [4.69, 9.17) is 32.8 Å². The Hall–Kier alpha value is -4.75. The molecule has 18 heteroatoms. The number of benzene rings is 1. The molecule has 0 radical (unpaired) electrons. The molecule has 17 nitrogen and oxygen atoms in total. The largest absolute Gasteiger partial charge is 0.467 e. The molecule has 4 aliphatic rings. The Kier molecular flexibility index (Phi) is 12.9. The maximum Gasteiger partial charge on any atom is 0.408 e. The fourth-order valence-corrected chi connectivity index (χ4v) is 10.1. The van der Waals surface area contributed by atoms with Crippen LogP contribution in [0.5, 0.6) is 0 Å². The number of carbonyl (C=O) groups is 6. The van der Waals surface area contributed by atoms with Crippen LogP contribution in [-0.4, -0.2) is 123 Å². The van der Waals surface area contributed by atoms with Crippen LogP contribution < -0.4 is 5.32 Å². The third-order valence-corrected chi connectivity index (χ3v) is 13.3. The number of hydrogen-bond donors (Lipinski definition) is 4. The van der Waals surface area contributed by atoms with Crippen molar-refractivity contribution < 1.29 is 76.9 Å². The molecule has 1 aromatic carbocycles. The van der Waals surface area contributed by atoms with Gasteiger partial charge in [0.15, 0.2) is 17.5 Å². The average Bonchev–Trinajstić information content (AvgIpc) is 3.72. The molecule has 62 heavy (non-hydrogen) atoms. The number of alkyl carbamates (subject to hydrolysis) is 1. The van der Waals surface area contributed by atoms with Crippen LogP contribution in [0.15, 0.2) is 64.3 Å². The first kappa shape index (κ1) is 46.7. The molecule has 1 aliphatic heterocycles. The number of ether oxygens (including phenoxy) is 6. The highest BCUT2D eigenvalue weighted by atomic mass is 32.2. The second-order valence-electron chi connectivity index (χ2n) is 18.1. The number of fused-ring (bicyclic) bond motifs is 5. The number of ketones is 1. The summed E-state index contributed by atoms with van der Waals surface area (Å²) in [5.74, 6) is -6.36. The molecular weight excluding hydrogens is 831 g/mol.